The van der Waals surface area contributed by atoms with Crippen LogP contribution in [0.4, 0.5) is 0 Å². The third kappa shape index (κ3) is 6.69. The highest BCUT2D eigenvalue weighted by Crippen LogP contribution is 2.26. The summed E-state index contributed by atoms with van der Waals surface area (Å²) >= 11 is 0. The zero-order valence-corrected chi connectivity index (χ0v) is 18.5. The minimum atomic E-state index is -0.138. The number of carbonyl (C=O) groups excluding carboxylic acids is 1. The Balaban J connectivity index is 1.75. The molecule has 1 aromatic heterocycles. The molecular formula is C25H31N3O3. The van der Waals surface area contributed by atoms with Gasteiger partial charge in [0, 0.05) is 31.5 Å². The Labute approximate surface area is 184 Å². The summed E-state index contributed by atoms with van der Waals surface area (Å²) in [5, 5.41) is 7.72. The first-order valence-electron chi connectivity index (χ1n) is 10.7. The molecule has 1 amide bonds. The van der Waals surface area contributed by atoms with Crippen LogP contribution in [0.3, 0.4) is 0 Å². The second-order valence-electron chi connectivity index (χ2n) is 7.88. The third-order valence-corrected chi connectivity index (χ3v) is 4.74. The number of ether oxygens (including phenoxy) is 2. The fourth-order valence-electron chi connectivity index (χ4n) is 3.21. The normalized spacial score (nSPS) is 11.0. The number of amides is 1. The van der Waals surface area contributed by atoms with Crippen LogP contribution in [0.2, 0.25) is 0 Å². The van der Waals surface area contributed by atoms with Crippen LogP contribution >= 0.6 is 0 Å². The monoisotopic (exact) mass is 421 g/mol. The minimum Gasteiger partial charge on any atom is -0.497 e. The molecule has 6 heteroatoms. The summed E-state index contributed by atoms with van der Waals surface area (Å²) in [4.78, 5) is 13.0. The molecule has 0 saturated heterocycles. The summed E-state index contributed by atoms with van der Waals surface area (Å²) in [6, 6.07) is 17.7. The van der Waals surface area contributed by atoms with E-state index < -0.39 is 0 Å². The molecule has 0 unspecified atom stereocenters. The predicted molar refractivity (Wildman–Crippen MR) is 122 cm³/mol. The van der Waals surface area contributed by atoms with Gasteiger partial charge in [-0.1, -0.05) is 56.3 Å². The van der Waals surface area contributed by atoms with E-state index in [4.69, 9.17) is 14.6 Å². The summed E-state index contributed by atoms with van der Waals surface area (Å²) < 4.78 is 12.7. The van der Waals surface area contributed by atoms with Gasteiger partial charge < -0.3 is 14.8 Å². The van der Waals surface area contributed by atoms with Gasteiger partial charge in [-0.2, -0.15) is 5.10 Å². The molecule has 0 bridgehead atoms. The Morgan fingerprint density at radius 2 is 1.94 bits per heavy atom. The van der Waals surface area contributed by atoms with Crippen molar-refractivity contribution < 1.29 is 14.3 Å². The van der Waals surface area contributed by atoms with Gasteiger partial charge in [0.05, 0.1) is 19.2 Å². The van der Waals surface area contributed by atoms with Gasteiger partial charge in [-0.15, -0.1) is 0 Å². The molecule has 0 atom stereocenters. The molecule has 1 N–H and O–H groups in total. The number of aromatic nitrogens is 2. The Bertz CT molecular complexity index is 967. The van der Waals surface area contributed by atoms with Crippen molar-refractivity contribution in [3.05, 3.63) is 71.9 Å². The van der Waals surface area contributed by atoms with Crippen LogP contribution in [0.1, 0.15) is 36.2 Å². The van der Waals surface area contributed by atoms with Gasteiger partial charge in [-0.3, -0.25) is 9.48 Å². The van der Waals surface area contributed by atoms with Crippen molar-refractivity contribution in [1.82, 2.24) is 15.1 Å². The number of nitrogens with zero attached hydrogens (tertiary/aromatic N) is 2. The van der Waals surface area contributed by atoms with Crippen molar-refractivity contribution in [2.24, 2.45) is 5.92 Å². The zero-order valence-electron chi connectivity index (χ0n) is 18.5. The molecule has 0 aliphatic carbocycles. The van der Waals surface area contributed by atoms with Crippen LogP contribution in [0.25, 0.3) is 11.3 Å². The lowest BCUT2D eigenvalue weighted by atomic mass is 10.1. The van der Waals surface area contributed by atoms with Gasteiger partial charge in [0.1, 0.15) is 11.4 Å². The molecule has 0 aliphatic rings. The van der Waals surface area contributed by atoms with Gasteiger partial charge >= 0.3 is 0 Å². The van der Waals surface area contributed by atoms with E-state index in [-0.39, 0.29) is 5.91 Å². The smallest absolute Gasteiger partial charge is 0.255 e. The van der Waals surface area contributed by atoms with Crippen molar-refractivity contribution >= 4 is 5.91 Å². The molecule has 0 spiro atoms. The van der Waals surface area contributed by atoms with Gasteiger partial charge in [-0.25, -0.2) is 0 Å². The molecule has 6 nitrogen and oxygen atoms in total. The van der Waals surface area contributed by atoms with E-state index in [0.29, 0.717) is 36.9 Å². The maximum absolute atomic E-state index is 13.0. The first-order valence-corrected chi connectivity index (χ1v) is 10.7. The molecule has 3 rings (SSSR count). The number of hydrogen-bond acceptors (Lipinski definition) is 4. The van der Waals surface area contributed by atoms with E-state index >= 15 is 0 Å². The number of benzene rings is 2. The van der Waals surface area contributed by atoms with Gasteiger partial charge in [0.15, 0.2) is 0 Å². The number of hydrogen-bond donors (Lipinski definition) is 1. The Morgan fingerprint density at radius 1 is 1.13 bits per heavy atom. The Kier molecular flexibility index (Phi) is 8.24. The highest BCUT2D eigenvalue weighted by molar-refractivity contribution is 5.99. The van der Waals surface area contributed by atoms with Crippen molar-refractivity contribution in [3.8, 4) is 17.0 Å². The topological polar surface area (TPSA) is 65.4 Å². The van der Waals surface area contributed by atoms with Crippen LogP contribution in [0.5, 0.6) is 5.75 Å². The summed E-state index contributed by atoms with van der Waals surface area (Å²) in [6.45, 7) is 6.76. The highest BCUT2D eigenvalue weighted by atomic mass is 16.5. The molecule has 31 heavy (non-hydrogen) atoms. The van der Waals surface area contributed by atoms with Gasteiger partial charge in [0.2, 0.25) is 0 Å². The lowest BCUT2D eigenvalue weighted by Gasteiger charge is -2.08. The second-order valence-corrected chi connectivity index (χ2v) is 7.88. The summed E-state index contributed by atoms with van der Waals surface area (Å²) in [5.41, 5.74) is 3.16. The minimum absolute atomic E-state index is 0.138. The van der Waals surface area contributed by atoms with E-state index in [1.807, 2.05) is 65.5 Å². The SMILES string of the molecule is COc1cccc(-c2nn(Cc3ccccc3)cc2C(=O)NCCCOCC(C)C)c1. The predicted octanol–water partition coefficient (Wildman–Crippen LogP) is 4.40. The Morgan fingerprint density at radius 3 is 2.68 bits per heavy atom. The molecule has 0 fully saturated rings. The van der Waals surface area contributed by atoms with Crippen LogP contribution < -0.4 is 10.1 Å². The van der Waals surface area contributed by atoms with Crippen LogP contribution in [-0.2, 0) is 11.3 Å². The molecule has 0 radical (unpaired) electrons. The first kappa shape index (κ1) is 22.6. The van der Waals surface area contributed by atoms with Crippen molar-refractivity contribution in [2.75, 3.05) is 26.9 Å². The van der Waals surface area contributed by atoms with E-state index in [2.05, 4.69) is 19.2 Å². The lowest BCUT2D eigenvalue weighted by molar-refractivity contribution is 0.0925. The zero-order chi connectivity index (χ0) is 22.1. The Hall–Kier alpha value is -3.12. The average Bonchev–Trinajstić information content (AvgIpc) is 3.20. The molecule has 3 aromatic rings. The molecule has 0 saturated carbocycles. The van der Waals surface area contributed by atoms with Gasteiger partial charge in [-0.05, 0) is 30.0 Å². The van der Waals surface area contributed by atoms with Crippen LogP contribution in [-0.4, -0.2) is 42.6 Å². The third-order valence-electron chi connectivity index (χ3n) is 4.74. The van der Waals surface area contributed by atoms with Crippen molar-refractivity contribution in [3.63, 3.8) is 0 Å². The number of carbonyl (C=O) groups is 1. The summed E-state index contributed by atoms with van der Waals surface area (Å²) in [7, 11) is 1.63. The largest absolute Gasteiger partial charge is 0.497 e. The summed E-state index contributed by atoms with van der Waals surface area (Å²) in [5.74, 6) is 1.10. The van der Waals surface area contributed by atoms with E-state index in [0.717, 1.165) is 29.9 Å². The molecule has 164 valence electrons. The van der Waals surface area contributed by atoms with Crippen molar-refractivity contribution in [1.29, 1.82) is 0 Å². The van der Waals surface area contributed by atoms with Gasteiger partial charge in [0.25, 0.3) is 5.91 Å². The number of rotatable bonds is 11. The number of methoxy groups -OCH3 is 1. The molecule has 1 heterocycles. The molecular weight excluding hydrogens is 390 g/mol. The van der Waals surface area contributed by atoms with E-state index in [1.165, 1.54) is 0 Å². The molecule has 2 aromatic carbocycles. The lowest BCUT2D eigenvalue weighted by Crippen LogP contribution is -2.25. The van der Waals surface area contributed by atoms with Crippen LogP contribution in [0, 0.1) is 5.92 Å². The standard InChI is InChI=1S/C25H31N3O3/c1-19(2)18-31-14-8-13-26-25(29)23-17-28(16-20-9-5-4-6-10-20)27-24(23)21-11-7-12-22(15-21)30-3/h4-7,9-12,15,17,19H,8,13-14,16,18H2,1-3H3,(H,26,29). The van der Waals surface area contributed by atoms with Crippen LogP contribution in [0.15, 0.2) is 60.8 Å². The fraction of sp³-hybridized carbons (Fsp3) is 0.360. The maximum atomic E-state index is 13.0. The number of nitrogens with one attached hydrogen (secondary N) is 1. The first-order chi connectivity index (χ1) is 15.1. The van der Waals surface area contributed by atoms with E-state index in [9.17, 15) is 4.79 Å². The molecule has 0 aliphatic heterocycles. The van der Waals surface area contributed by atoms with E-state index in [1.54, 1.807) is 7.11 Å². The maximum Gasteiger partial charge on any atom is 0.255 e. The second kappa shape index (κ2) is 11.3. The highest BCUT2D eigenvalue weighted by Gasteiger charge is 2.18. The quantitative estimate of drug-likeness (QED) is 0.466. The summed E-state index contributed by atoms with van der Waals surface area (Å²) in [6.07, 6.45) is 2.58. The fourth-order valence-corrected chi connectivity index (χ4v) is 3.21. The van der Waals surface area contributed by atoms with Crippen molar-refractivity contribution in [2.45, 2.75) is 26.8 Å². The average molecular weight is 422 g/mol.